The first kappa shape index (κ1) is 11.8. The van der Waals surface area contributed by atoms with E-state index in [1.54, 1.807) is 20.1 Å². The molecule has 1 N–H and O–H groups in total. The summed E-state index contributed by atoms with van der Waals surface area (Å²) in [5.41, 5.74) is -0.565. The Morgan fingerprint density at radius 2 is 2.31 bits per heavy atom. The van der Waals surface area contributed by atoms with Crippen LogP contribution in [0.15, 0.2) is 11.2 Å². The highest BCUT2D eigenvalue weighted by Crippen LogP contribution is 2.12. The lowest BCUT2D eigenvalue weighted by molar-refractivity contribution is -0.403. The molecule has 72 valence electrons. The van der Waals surface area contributed by atoms with E-state index in [9.17, 15) is 10.1 Å². The van der Waals surface area contributed by atoms with Crippen molar-refractivity contribution in [3.05, 3.63) is 21.3 Å². The van der Waals surface area contributed by atoms with Crippen LogP contribution in [0.1, 0.15) is 13.8 Å². The Hall–Kier alpha value is -1.15. The maximum absolute atomic E-state index is 10.2. The van der Waals surface area contributed by atoms with Gasteiger partial charge in [-0.15, -0.1) is 18.2 Å². The molecule has 0 unspecified atom stereocenters. The molecule has 0 saturated heterocycles. The van der Waals surface area contributed by atoms with Gasteiger partial charge < -0.3 is 5.32 Å². The van der Waals surface area contributed by atoms with E-state index in [1.807, 2.05) is 0 Å². The second kappa shape index (κ2) is 4.77. The quantitative estimate of drug-likeness (QED) is 0.423. The second-order valence-corrected chi connectivity index (χ2v) is 3.73. The van der Waals surface area contributed by atoms with Gasteiger partial charge in [0.2, 0.25) is 0 Å². The Morgan fingerprint density at radius 1 is 1.77 bits per heavy atom. The molecule has 0 heterocycles. The minimum absolute atomic E-state index is 0.452. The number of rotatable bonds is 4. The highest BCUT2D eigenvalue weighted by atomic mass is 32.2. The molecule has 0 fully saturated rings. The van der Waals surface area contributed by atoms with Crippen molar-refractivity contribution in [1.29, 1.82) is 0 Å². The van der Waals surface area contributed by atoms with E-state index in [0.29, 0.717) is 5.03 Å². The Balaban J connectivity index is 4.49. The van der Waals surface area contributed by atoms with Gasteiger partial charge in [-0.2, -0.15) is 0 Å². The van der Waals surface area contributed by atoms with E-state index in [1.165, 1.54) is 11.8 Å². The van der Waals surface area contributed by atoms with Gasteiger partial charge in [0, 0.05) is 0 Å². The molecule has 0 radical (unpaired) electrons. The first-order chi connectivity index (χ1) is 5.91. The summed E-state index contributed by atoms with van der Waals surface area (Å²) < 4.78 is 0. The van der Waals surface area contributed by atoms with Crippen LogP contribution >= 0.6 is 11.8 Å². The van der Waals surface area contributed by atoms with Gasteiger partial charge in [-0.1, -0.05) is 5.92 Å². The summed E-state index contributed by atoms with van der Waals surface area (Å²) in [6.45, 7) is 3.55. The minimum atomic E-state index is -0.565. The van der Waals surface area contributed by atoms with Crippen LogP contribution in [0.25, 0.3) is 0 Å². The normalized spacial score (nSPS) is 12.0. The molecule has 0 aromatic rings. The van der Waals surface area contributed by atoms with Crippen LogP contribution in [0.4, 0.5) is 0 Å². The van der Waals surface area contributed by atoms with Crippen LogP contribution in [0.5, 0.6) is 0 Å². The van der Waals surface area contributed by atoms with E-state index in [2.05, 4.69) is 11.2 Å². The third-order valence-electron chi connectivity index (χ3n) is 1.24. The van der Waals surface area contributed by atoms with E-state index in [4.69, 9.17) is 6.42 Å². The van der Waals surface area contributed by atoms with E-state index in [-0.39, 0.29) is 0 Å². The molecule has 0 rings (SSSR count). The Labute approximate surface area is 81.9 Å². The Kier molecular flexibility index (Phi) is 4.35. The fourth-order valence-electron chi connectivity index (χ4n) is 0.576. The van der Waals surface area contributed by atoms with Crippen LogP contribution in [-0.2, 0) is 0 Å². The first-order valence-corrected chi connectivity index (χ1v) is 4.79. The lowest BCUT2D eigenvalue weighted by Gasteiger charge is -2.20. The molecule has 0 amide bonds. The van der Waals surface area contributed by atoms with Crippen LogP contribution in [0.3, 0.4) is 0 Å². The molecule has 4 nitrogen and oxygen atoms in total. The Morgan fingerprint density at radius 3 is 2.62 bits per heavy atom. The summed E-state index contributed by atoms with van der Waals surface area (Å²) >= 11 is 1.25. The van der Waals surface area contributed by atoms with E-state index >= 15 is 0 Å². The number of thioether (sulfide) groups is 1. The summed E-state index contributed by atoms with van der Waals surface area (Å²) in [5, 5.41) is 13.5. The van der Waals surface area contributed by atoms with Crippen LogP contribution in [-0.4, -0.2) is 16.7 Å². The monoisotopic (exact) mass is 200 g/mol. The van der Waals surface area contributed by atoms with Crippen molar-refractivity contribution in [1.82, 2.24) is 5.32 Å². The minimum Gasteiger partial charge on any atom is -0.359 e. The predicted octanol–water partition coefficient (Wildman–Crippen LogP) is 1.43. The topological polar surface area (TPSA) is 55.2 Å². The zero-order valence-corrected chi connectivity index (χ0v) is 8.64. The van der Waals surface area contributed by atoms with Gasteiger partial charge in [0.15, 0.2) is 0 Å². The van der Waals surface area contributed by atoms with Gasteiger partial charge in [0.05, 0.1) is 10.5 Å². The van der Waals surface area contributed by atoms with E-state index < -0.39 is 10.5 Å². The smallest absolute Gasteiger partial charge is 0.264 e. The fraction of sp³-hybridized carbons (Fsp3) is 0.500. The second-order valence-electron chi connectivity index (χ2n) is 2.88. The fourth-order valence-corrected chi connectivity index (χ4v) is 1.12. The molecule has 0 aliphatic rings. The number of nitrogens with zero attached hydrogens (tertiary/aromatic N) is 1. The zero-order chi connectivity index (χ0) is 10.5. The molecule has 0 spiro atoms. The van der Waals surface area contributed by atoms with Crippen molar-refractivity contribution < 1.29 is 4.92 Å². The molecule has 0 atom stereocenters. The summed E-state index contributed by atoms with van der Waals surface area (Å²) in [6, 6.07) is 0. The van der Waals surface area contributed by atoms with Gasteiger partial charge in [-0.05, 0) is 20.1 Å². The molecule has 0 aromatic heterocycles. The molecule has 5 heteroatoms. The maximum atomic E-state index is 10.2. The van der Waals surface area contributed by atoms with Gasteiger partial charge in [-0.25, -0.2) is 0 Å². The lowest BCUT2D eigenvalue weighted by atomic mass is 10.1. The van der Waals surface area contributed by atoms with Crippen molar-refractivity contribution in [3.8, 4) is 12.3 Å². The lowest BCUT2D eigenvalue weighted by Crippen LogP contribution is -2.36. The van der Waals surface area contributed by atoms with Gasteiger partial charge in [0.1, 0.15) is 5.03 Å². The standard InChI is InChI=1S/C8H12N2O2S/c1-5-8(2,3)9-7(13-4)6-10(11)12/h1,6,9H,2-4H3/b7-6-. The average Bonchev–Trinajstić information content (AvgIpc) is 2.02. The van der Waals surface area contributed by atoms with Crippen molar-refractivity contribution in [3.63, 3.8) is 0 Å². The van der Waals surface area contributed by atoms with Crippen molar-refractivity contribution in [2.24, 2.45) is 0 Å². The summed E-state index contributed by atoms with van der Waals surface area (Å²) in [5.74, 6) is 2.49. The largest absolute Gasteiger partial charge is 0.359 e. The molecular formula is C8H12N2O2S. The zero-order valence-electron chi connectivity index (χ0n) is 7.83. The molecule has 0 aromatic carbocycles. The number of hydrogen-bond acceptors (Lipinski definition) is 4. The molecule has 0 aliphatic carbocycles. The van der Waals surface area contributed by atoms with Crippen molar-refractivity contribution >= 4 is 11.8 Å². The molecular weight excluding hydrogens is 188 g/mol. The highest BCUT2D eigenvalue weighted by Gasteiger charge is 2.15. The van der Waals surface area contributed by atoms with Gasteiger partial charge in [0.25, 0.3) is 6.20 Å². The average molecular weight is 200 g/mol. The summed E-state index contributed by atoms with van der Waals surface area (Å²) in [4.78, 5) is 9.66. The number of terminal acetylenes is 1. The number of nitrogens with one attached hydrogen (secondary N) is 1. The summed E-state index contributed by atoms with van der Waals surface area (Å²) in [7, 11) is 0. The predicted molar refractivity (Wildman–Crippen MR) is 54.6 cm³/mol. The molecule has 0 saturated carbocycles. The number of nitro groups is 1. The van der Waals surface area contributed by atoms with Crippen LogP contribution in [0.2, 0.25) is 0 Å². The van der Waals surface area contributed by atoms with Crippen LogP contribution < -0.4 is 5.32 Å². The maximum Gasteiger partial charge on any atom is 0.264 e. The molecule has 13 heavy (non-hydrogen) atoms. The van der Waals surface area contributed by atoms with Gasteiger partial charge in [-0.3, -0.25) is 10.1 Å². The Bertz CT molecular complexity index is 266. The number of hydrogen-bond donors (Lipinski definition) is 1. The highest BCUT2D eigenvalue weighted by molar-refractivity contribution is 8.02. The SMILES string of the molecule is C#CC(C)(C)N/C(=C/[N+](=O)[O-])SC. The first-order valence-electron chi connectivity index (χ1n) is 3.56. The van der Waals surface area contributed by atoms with Crippen molar-refractivity contribution in [2.75, 3.05) is 6.26 Å². The van der Waals surface area contributed by atoms with E-state index in [0.717, 1.165) is 6.20 Å². The third-order valence-corrected chi connectivity index (χ3v) is 1.89. The summed E-state index contributed by atoms with van der Waals surface area (Å²) in [6.07, 6.45) is 7.87. The van der Waals surface area contributed by atoms with Crippen LogP contribution in [0, 0.1) is 22.5 Å². The molecule has 0 aliphatic heterocycles. The van der Waals surface area contributed by atoms with Gasteiger partial charge >= 0.3 is 0 Å². The van der Waals surface area contributed by atoms with Crippen molar-refractivity contribution in [2.45, 2.75) is 19.4 Å². The third kappa shape index (κ3) is 5.15. The molecule has 0 bridgehead atoms.